The standard InChI is InChI=1S/C15H16O4/c1-6-11-10(19-14(6)18)4-15(2)9-3-7(9)8(5-16)12(15)13(11)17/h5,7,9-10,13,17H,3-4H2,1-2H3/t7-,9?,10+,13+,15+/m1/s1. The number of rotatable bonds is 1. The van der Waals surface area contributed by atoms with Gasteiger partial charge in [0.2, 0.25) is 0 Å². The zero-order chi connectivity index (χ0) is 13.5. The van der Waals surface area contributed by atoms with Crippen LogP contribution >= 0.6 is 0 Å². The van der Waals surface area contributed by atoms with Crippen molar-refractivity contribution in [1.29, 1.82) is 0 Å². The maximum Gasteiger partial charge on any atom is 0.334 e. The first kappa shape index (κ1) is 11.4. The highest BCUT2D eigenvalue weighted by atomic mass is 16.5. The maximum atomic E-state index is 11.7. The van der Waals surface area contributed by atoms with E-state index < -0.39 is 6.10 Å². The maximum absolute atomic E-state index is 11.7. The van der Waals surface area contributed by atoms with Crippen molar-refractivity contribution in [1.82, 2.24) is 0 Å². The van der Waals surface area contributed by atoms with E-state index in [1.807, 2.05) is 0 Å². The lowest BCUT2D eigenvalue weighted by Crippen LogP contribution is -2.41. The Morgan fingerprint density at radius 2 is 2.21 bits per heavy atom. The molecule has 1 aliphatic heterocycles. The summed E-state index contributed by atoms with van der Waals surface area (Å²) in [4.78, 5) is 23.0. The summed E-state index contributed by atoms with van der Waals surface area (Å²) in [5.74, 6) is 0.435. The Bertz CT molecular complexity index is 585. The van der Waals surface area contributed by atoms with Gasteiger partial charge in [0.05, 0.1) is 0 Å². The van der Waals surface area contributed by atoms with Gasteiger partial charge in [-0.25, -0.2) is 4.79 Å². The molecule has 0 aromatic carbocycles. The van der Waals surface area contributed by atoms with Crippen molar-refractivity contribution in [2.45, 2.75) is 38.9 Å². The summed E-state index contributed by atoms with van der Waals surface area (Å²) in [5, 5.41) is 10.6. The zero-order valence-corrected chi connectivity index (χ0v) is 11.0. The van der Waals surface area contributed by atoms with E-state index in [4.69, 9.17) is 4.74 Å². The SMILES string of the molecule is CC1=C2[C@H](O)C3=C(C=O)[C@H]4CC4[C@]3(C)C[C@@H]2OC1=O. The molecule has 4 rings (SSSR count). The monoisotopic (exact) mass is 260 g/mol. The number of hydrogen-bond acceptors (Lipinski definition) is 4. The Kier molecular flexibility index (Phi) is 1.91. The lowest BCUT2D eigenvalue weighted by Gasteiger charge is -2.41. The molecule has 19 heavy (non-hydrogen) atoms. The van der Waals surface area contributed by atoms with Gasteiger partial charge in [-0.15, -0.1) is 0 Å². The minimum absolute atomic E-state index is 0.181. The molecule has 2 saturated carbocycles. The third kappa shape index (κ3) is 1.14. The summed E-state index contributed by atoms with van der Waals surface area (Å²) in [5.41, 5.74) is 2.64. The summed E-state index contributed by atoms with van der Waals surface area (Å²) in [6, 6.07) is 0. The van der Waals surface area contributed by atoms with Gasteiger partial charge < -0.3 is 9.84 Å². The van der Waals surface area contributed by atoms with E-state index in [-0.39, 0.29) is 17.5 Å². The van der Waals surface area contributed by atoms with Crippen LogP contribution in [0.2, 0.25) is 0 Å². The summed E-state index contributed by atoms with van der Waals surface area (Å²) in [6.07, 6.45) is 1.52. The minimum atomic E-state index is -0.816. The third-order valence-corrected chi connectivity index (χ3v) is 5.57. The van der Waals surface area contributed by atoms with Crippen molar-refractivity contribution in [3.8, 4) is 0 Å². The van der Waals surface area contributed by atoms with Gasteiger partial charge in [-0.1, -0.05) is 6.92 Å². The van der Waals surface area contributed by atoms with Crippen LogP contribution in [-0.4, -0.2) is 29.6 Å². The summed E-state index contributed by atoms with van der Waals surface area (Å²) in [7, 11) is 0. The van der Waals surface area contributed by atoms with Crippen LogP contribution in [0, 0.1) is 17.3 Å². The number of carbonyl (C=O) groups excluding carboxylic acids is 2. The van der Waals surface area contributed by atoms with Crippen molar-refractivity contribution in [3.05, 3.63) is 22.3 Å². The predicted molar refractivity (Wildman–Crippen MR) is 66.0 cm³/mol. The molecule has 0 saturated heterocycles. The lowest BCUT2D eigenvalue weighted by molar-refractivity contribution is -0.141. The van der Waals surface area contributed by atoms with Gasteiger partial charge in [-0.2, -0.15) is 0 Å². The number of hydrogen-bond donors (Lipinski definition) is 1. The van der Waals surface area contributed by atoms with Crippen LogP contribution in [0.3, 0.4) is 0 Å². The molecule has 4 aliphatic rings. The highest BCUT2D eigenvalue weighted by molar-refractivity contribution is 5.93. The minimum Gasteiger partial charge on any atom is -0.454 e. The number of allylic oxidation sites excluding steroid dienone is 1. The number of ether oxygens (including phenoxy) is 1. The number of esters is 1. The highest BCUT2D eigenvalue weighted by Gasteiger charge is 2.65. The van der Waals surface area contributed by atoms with E-state index in [1.54, 1.807) is 6.92 Å². The average Bonchev–Trinajstić information content (AvgIpc) is 3.04. The molecular formula is C15H16O4. The largest absolute Gasteiger partial charge is 0.454 e. The predicted octanol–water partition coefficient (Wildman–Crippen LogP) is 1.14. The Morgan fingerprint density at radius 3 is 2.89 bits per heavy atom. The molecule has 2 fully saturated rings. The second kappa shape index (κ2) is 3.18. The molecule has 1 heterocycles. The Balaban J connectivity index is 1.90. The molecule has 100 valence electrons. The smallest absolute Gasteiger partial charge is 0.334 e. The molecular weight excluding hydrogens is 244 g/mol. The molecule has 0 aromatic heterocycles. The van der Waals surface area contributed by atoms with Crippen LogP contribution in [0.1, 0.15) is 26.7 Å². The first-order chi connectivity index (χ1) is 8.99. The van der Waals surface area contributed by atoms with Gasteiger partial charge in [-0.3, -0.25) is 4.79 Å². The van der Waals surface area contributed by atoms with Gasteiger partial charge >= 0.3 is 5.97 Å². The third-order valence-electron chi connectivity index (χ3n) is 5.57. The Hall–Kier alpha value is -1.42. The average molecular weight is 260 g/mol. The van der Waals surface area contributed by atoms with Crippen LogP contribution in [0.5, 0.6) is 0 Å². The summed E-state index contributed by atoms with van der Waals surface area (Å²) in [6.45, 7) is 3.80. The van der Waals surface area contributed by atoms with E-state index in [2.05, 4.69) is 6.92 Å². The molecule has 0 spiro atoms. The zero-order valence-electron chi connectivity index (χ0n) is 11.0. The van der Waals surface area contributed by atoms with Gasteiger partial charge in [0.15, 0.2) is 0 Å². The van der Waals surface area contributed by atoms with E-state index in [0.717, 1.165) is 23.9 Å². The normalized spacial score (nSPS) is 46.8. The molecule has 0 bridgehead atoms. The summed E-state index contributed by atoms with van der Waals surface area (Å²) >= 11 is 0. The molecule has 4 heteroatoms. The lowest BCUT2D eigenvalue weighted by atomic mass is 9.65. The molecule has 0 radical (unpaired) electrons. The molecule has 0 aromatic rings. The van der Waals surface area contributed by atoms with E-state index in [0.29, 0.717) is 29.4 Å². The van der Waals surface area contributed by atoms with Crippen molar-refractivity contribution in [3.63, 3.8) is 0 Å². The van der Waals surface area contributed by atoms with Crippen LogP contribution in [0.25, 0.3) is 0 Å². The van der Waals surface area contributed by atoms with Gasteiger partial charge in [0.25, 0.3) is 0 Å². The van der Waals surface area contributed by atoms with E-state index in [9.17, 15) is 14.7 Å². The number of fused-ring (bicyclic) bond motifs is 4. The second-order valence-corrected chi connectivity index (χ2v) is 6.43. The van der Waals surface area contributed by atoms with E-state index in [1.165, 1.54) is 0 Å². The number of aldehydes is 1. The number of aliphatic hydroxyl groups excluding tert-OH is 1. The number of carbonyl (C=O) groups is 2. The molecule has 3 aliphatic carbocycles. The van der Waals surface area contributed by atoms with Crippen molar-refractivity contribution >= 4 is 12.3 Å². The molecule has 4 nitrogen and oxygen atoms in total. The molecule has 1 unspecified atom stereocenters. The van der Waals surface area contributed by atoms with Gasteiger partial charge in [0.1, 0.15) is 18.5 Å². The highest BCUT2D eigenvalue weighted by Crippen LogP contribution is 2.69. The second-order valence-electron chi connectivity index (χ2n) is 6.43. The quantitative estimate of drug-likeness (QED) is 0.567. The fourth-order valence-electron chi connectivity index (χ4n) is 4.57. The van der Waals surface area contributed by atoms with Crippen LogP contribution in [-0.2, 0) is 14.3 Å². The Labute approximate surface area is 111 Å². The first-order valence-electron chi connectivity index (χ1n) is 6.78. The first-order valence-corrected chi connectivity index (χ1v) is 6.78. The van der Waals surface area contributed by atoms with Crippen molar-refractivity contribution < 1.29 is 19.4 Å². The van der Waals surface area contributed by atoms with Gasteiger partial charge in [-0.05, 0) is 48.2 Å². The molecule has 0 amide bonds. The molecule has 5 atom stereocenters. The van der Waals surface area contributed by atoms with Gasteiger partial charge in [0, 0.05) is 11.1 Å². The topological polar surface area (TPSA) is 63.6 Å². The fraction of sp³-hybridized carbons (Fsp3) is 0.600. The van der Waals surface area contributed by atoms with Crippen LogP contribution in [0.15, 0.2) is 22.3 Å². The summed E-state index contributed by atoms with van der Waals surface area (Å²) < 4.78 is 5.37. The van der Waals surface area contributed by atoms with Crippen molar-refractivity contribution in [2.24, 2.45) is 17.3 Å². The van der Waals surface area contributed by atoms with E-state index >= 15 is 0 Å². The van der Waals surface area contributed by atoms with Crippen LogP contribution < -0.4 is 0 Å². The Morgan fingerprint density at radius 1 is 1.47 bits per heavy atom. The number of aliphatic hydroxyl groups is 1. The molecule has 1 N–H and O–H groups in total. The fourth-order valence-corrected chi connectivity index (χ4v) is 4.57. The van der Waals surface area contributed by atoms with Crippen LogP contribution in [0.4, 0.5) is 0 Å². The van der Waals surface area contributed by atoms with Crippen molar-refractivity contribution in [2.75, 3.05) is 0 Å².